The Labute approximate surface area is 166 Å². The van der Waals surface area contributed by atoms with Crippen LogP contribution in [-0.2, 0) is 20.4 Å². The van der Waals surface area contributed by atoms with Gasteiger partial charge in [0.2, 0.25) is 0 Å². The molecule has 25 heavy (non-hydrogen) atoms. The minimum atomic E-state index is -0.701. The quantitative estimate of drug-likeness (QED) is 0.422. The predicted octanol–water partition coefficient (Wildman–Crippen LogP) is 6.50. The molecule has 0 nitrogen and oxygen atoms in total. The number of hydrogen-bond acceptors (Lipinski definition) is 0. The van der Waals surface area contributed by atoms with Crippen molar-refractivity contribution in [3.63, 3.8) is 0 Å². The Morgan fingerprint density at radius 3 is 2.24 bits per heavy atom. The van der Waals surface area contributed by atoms with Crippen molar-refractivity contribution in [1.29, 1.82) is 0 Å². The van der Waals surface area contributed by atoms with Gasteiger partial charge in [-0.1, -0.05) is 73.3 Å². The zero-order valence-electron chi connectivity index (χ0n) is 15.7. The first kappa shape index (κ1) is 19.9. The number of benzene rings is 2. The topological polar surface area (TPSA) is 0 Å². The van der Waals surface area contributed by atoms with E-state index in [4.69, 9.17) is 0 Å². The SMILES string of the molecule is CC1=Cc2c(-c3ccccc3)cccc2C1[SiH](C)C.CC=CC=[CH][Ti]. The minimum absolute atomic E-state index is 0.701. The maximum atomic E-state index is 2.45. The van der Waals surface area contributed by atoms with E-state index in [2.05, 4.69) is 74.6 Å². The molecule has 0 aromatic heterocycles. The van der Waals surface area contributed by atoms with Crippen LogP contribution in [0, 0.1) is 0 Å². The van der Waals surface area contributed by atoms with Gasteiger partial charge in [0.25, 0.3) is 0 Å². The van der Waals surface area contributed by atoms with Gasteiger partial charge in [0.1, 0.15) is 0 Å². The van der Waals surface area contributed by atoms with Crippen molar-refractivity contribution in [3.8, 4) is 11.1 Å². The molecule has 0 saturated carbocycles. The van der Waals surface area contributed by atoms with Gasteiger partial charge >= 0.3 is 50.0 Å². The Morgan fingerprint density at radius 1 is 0.960 bits per heavy atom. The van der Waals surface area contributed by atoms with Gasteiger partial charge in [0, 0.05) is 8.80 Å². The molecule has 0 bridgehead atoms. The Kier molecular flexibility index (Phi) is 7.90. The first-order valence-corrected chi connectivity index (χ1v) is 12.8. The first-order valence-electron chi connectivity index (χ1n) is 8.91. The molecule has 2 aromatic rings. The second-order valence-corrected chi connectivity index (χ2v) is 10.3. The standard InChI is InChI=1S/C18H20Si.C5H7.Ti/c1-13-12-17-15(14-8-5-4-6-9-14)10-7-11-16(17)18(13)19(2)3;1-3-5-4-2;/h4-12,18-19H,1-3H3;1,3-5H,2H3;. The van der Waals surface area contributed by atoms with Crippen molar-refractivity contribution < 1.29 is 20.4 Å². The van der Waals surface area contributed by atoms with Crippen LogP contribution in [0.25, 0.3) is 17.2 Å². The summed E-state index contributed by atoms with van der Waals surface area (Å²) in [5, 5.41) is 0. The first-order chi connectivity index (χ1) is 12.1. The molecule has 0 aliphatic heterocycles. The Balaban J connectivity index is 0.000000326. The second-order valence-electron chi connectivity index (χ2n) is 6.67. The monoisotopic (exact) mass is 379 g/mol. The molecule has 127 valence electrons. The predicted molar refractivity (Wildman–Crippen MR) is 111 cm³/mol. The summed E-state index contributed by atoms with van der Waals surface area (Å²) in [6.45, 7) is 9.20. The van der Waals surface area contributed by atoms with Crippen LogP contribution in [0.15, 0.2) is 76.7 Å². The summed E-state index contributed by atoms with van der Waals surface area (Å²) in [5.74, 6) is 0. The molecule has 0 amide bonds. The fraction of sp³-hybridized carbons (Fsp3) is 0.217. The fourth-order valence-corrected chi connectivity index (χ4v) is 5.83. The molecular formula is C23H27SiTi. The van der Waals surface area contributed by atoms with Crippen LogP contribution in [-0.4, -0.2) is 8.80 Å². The van der Waals surface area contributed by atoms with Crippen LogP contribution < -0.4 is 0 Å². The van der Waals surface area contributed by atoms with Gasteiger partial charge in [0.15, 0.2) is 0 Å². The molecule has 0 saturated heterocycles. The van der Waals surface area contributed by atoms with Gasteiger partial charge in [-0.25, -0.2) is 0 Å². The van der Waals surface area contributed by atoms with E-state index in [0.29, 0.717) is 0 Å². The van der Waals surface area contributed by atoms with Crippen molar-refractivity contribution in [3.05, 3.63) is 87.8 Å². The summed E-state index contributed by atoms with van der Waals surface area (Å²) in [4.78, 5) is 0. The van der Waals surface area contributed by atoms with Gasteiger partial charge < -0.3 is 0 Å². The second kappa shape index (κ2) is 9.91. The van der Waals surface area contributed by atoms with E-state index in [1.807, 2.05) is 50.0 Å². The molecule has 0 N–H and O–H groups in total. The van der Waals surface area contributed by atoms with Gasteiger partial charge in [-0.15, -0.1) is 0 Å². The summed E-state index contributed by atoms with van der Waals surface area (Å²) >= 11 is 2.00. The normalized spacial score (nSPS) is 16.0. The molecule has 1 unspecified atom stereocenters. The van der Waals surface area contributed by atoms with Crippen molar-refractivity contribution >= 4 is 14.9 Å². The number of rotatable bonds is 3. The molecule has 1 aliphatic rings. The van der Waals surface area contributed by atoms with Crippen LogP contribution in [0.5, 0.6) is 0 Å². The van der Waals surface area contributed by atoms with Gasteiger partial charge in [-0.05, 0) is 34.7 Å². The summed E-state index contributed by atoms with van der Waals surface area (Å²) < 4.78 is 2.00. The molecule has 2 heteroatoms. The maximum absolute atomic E-state index is 2.45. The molecule has 2 aromatic carbocycles. The van der Waals surface area contributed by atoms with E-state index in [-0.39, 0.29) is 0 Å². The average Bonchev–Trinajstić information content (AvgIpc) is 2.97. The molecule has 1 aliphatic carbocycles. The third kappa shape index (κ3) is 5.04. The molecule has 0 heterocycles. The van der Waals surface area contributed by atoms with E-state index in [1.165, 1.54) is 16.7 Å². The van der Waals surface area contributed by atoms with Gasteiger partial charge in [-0.3, -0.25) is 0 Å². The number of allylic oxidation sites excluding steroid dienone is 4. The van der Waals surface area contributed by atoms with E-state index in [9.17, 15) is 0 Å². The average molecular weight is 379 g/mol. The summed E-state index contributed by atoms with van der Waals surface area (Å²) in [5.41, 5.74) is 8.00. The third-order valence-corrected chi connectivity index (χ3v) is 7.01. The van der Waals surface area contributed by atoms with E-state index in [1.54, 1.807) is 11.1 Å². The molecule has 0 radical (unpaired) electrons. The summed E-state index contributed by atoms with van der Waals surface area (Å²) in [6.07, 6.45) is 8.41. The van der Waals surface area contributed by atoms with E-state index >= 15 is 0 Å². The van der Waals surface area contributed by atoms with Crippen molar-refractivity contribution in [2.24, 2.45) is 0 Å². The van der Waals surface area contributed by atoms with Crippen LogP contribution in [0.1, 0.15) is 30.5 Å². The summed E-state index contributed by atoms with van der Waals surface area (Å²) in [7, 11) is -0.701. The molecule has 1 atom stereocenters. The number of hydrogen-bond donors (Lipinski definition) is 0. The Morgan fingerprint density at radius 2 is 1.68 bits per heavy atom. The molecular weight excluding hydrogens is 352 g/mol. The van der Waals surface area contributed by atoms with Crippen molar-refractivity contribution in [2.75, 3.05) is 0 Å². The molecule has 0 fully saturated rings. The van der Waals surface area contributed by atoms with Crippen molar-refractivity contribution in [2.45, 2.75) is 32.5 Å². The van der Waals surface area contributed by atoms with E-state index in [0.717, 1.165) is 5.54 Å². The summed E-state index contributed by atoms with van der Waals surface area (Å²) in [6, 6.07) is 17.5. The number of fused-ring (bicyclic) bond motifs is 1. The van der Waals surface area contributed by atoms with E-state index < -0.39 is 8.80 Å². The van der Waals surface area contributed by atoms with Crippen LogP contribution in [0.4, 0.5) is 0 Å². The zero-order chi connectivity index (χ0) is 18.2. The third-order valence-electron chi connectivity index (χ3n) is 4.49. The Bertz CT molecular complexity index is 760. The van der Waals surface area contributed by atoms with Gasteiger partial charge in [0.05, 0.1) is 0 Å². The molecule has 0 spiro atoms. The Hall–Kier alpha value is -1.41. The van der Waals surface area contributed by atoms with Crippen molar-refractivity contribution in [1.82, 2.24) is 0 Å². The fourth-order valence-electron chi connectivity index (χ4n) is 3.50. The van der Waals surface area contributed by atoms with Gasteiger partial charge in [-0.2, -0.15) is 0 Å². The van der Waals surface area contributed by atoms with Crippen LogP contribution in [0.2, 0.25) is 13.1 Å². The van der Waals surface area contributed by atoms with Crippen LogP contribution in [0.3, 0.4) is 0 Å². The molecule has 3 rings (SSSR count). The zero-order valence-corrected chi connectivity index (χ0v) is 18.4. The van der Waals surface area contributed by atoms with Crippen LogP contribution >= 0.6 is 0 Å².